The molecule has 1 aromatic rings. The van der Waals surface area contributed by atoms with E-state index in [9.17, 15) is 0 Å². The van der Waals surface area contributed by atoms with Crippen molar-refractivity contribution in [2.75, 3.05) is 25.0 Å². The third-order valence-corrected chi connectivity index (χ3v) is 2.42. The molecule has 0 bridgehead atoms. The number of nitrogens with zero attached hydrogens (tertiary/aromatic N) is 1. The van der Waals surface area contributed by atoms with Crippen LogP contribution in [0.1, 0.15) is 13.8 Å². The Hall–Kier alpha value is -1.28. The Balaban J connectivity index is 2.40. The molecule has 0 unspecified atom stereocenters. The van der Waals surface area contributed by atoms with Gasteiger partial charge >= 0.3 is 0 Å². The third-order valence-electron chi connectivity index (χ3n) is 2.42. The molecule has 0 spiro atoms. The minimum Gasteiger partial charge on any atom is -0.371 e. The van der Waals surface area contributed by atoms with Crippen molar-refractivity contribution >= 4 is 5.69 Å². The monoisotopic (exact) mass is 218 g/mol. The van der Waals surface area contributed by atoms with Gasteiger partial charge in [-0.25, -0.2) is 0 Å². The summed E-state index contributed by atoms with van der Waals surface area (Å²) >= 11 is 0. The van der Waals surface area contributed by atoms with Crippen LogP contribution >= 0.6 is 0 Å². The maximum Gasteiger partial charge on any atom is 0.0395 e. The average molecular weight is 218 g/mol. The fourth-order valence-corrected chi connectivity index (χ4v) is 1.51. The first-order chi connectivity index (χ1) is 7.59. The summed E-state index contributed by atoms with van der Waals surface area (Å²) in [7, 11) is 2.09. The maximum atomic E-state index is 4.09. The zero-order valence-corrected chi connectivity index (χ0v) is 10.5. The van der Waals surface area contributed by atoms with E-state index in [0.717, 1.165) is 13.1 Å². The highest BCUT2D eigenvalue weighted by molar-refractivity contribution is 5.46. The normalized spacial score (nSPS) is 10.5. The van der Waals surface area contributed by atoms with Gasteiger partial charge in [0.2, 0.25) is 0 Å². The van der Waals surface area contributed by atoms with Crippen molar-refractivity contribution in [3.63, 3.8) is 0 Å². The van der Waals surface area contributed by atoms with E-state index in [1.54, 1.807) is 0 Å². The summed E-state index contributed by atoms with van der Waals surface area (Å²) < 4.78 is 0. The number of hydrogen-bond acceptors (Lipinski definition) is 2. The number of nitrogens with one attached hydrogen (secondary N) is 1. The Morgan fingerprint density at radius 1 is 1.31 bits per heavy atom. The molecule has 1 N–H and O–H groups in total. The van der Waals surface area contributed by atoms with Crippen molar-refractivity contribution in [3.8, 4) is 0 Å². The number of anilines is 1. The second-order valence-corrected chi connectivity index (χ2v) is 4.48. The second-order valence-electron chi connectivity index (χ2n) is 4.48. The lowest BCUT2D eigenvalue weighted by Gasteiger charge is -2.21. The number of hydrogen-bond donors (Lipinski definition) is 1. The first-order valence-corrected chi connectivity index (χ1v) is 5.76. The molecule has 0 saturated heterocycles. The Bertz CT molecular complexity index is 317. The summed E-state index contributed by atoms with van der Waals surface area (Å²) in [6.45, 7) is 10.2. The summed E-state index contributed by atoms with van der Waals surface area (Å²) in [6.07, 6.45) is 0. The zero-order chi connectivity index (χ0) is 12.0. The van der Waals surface area contributed by atoms with Gasteiger partial charge in [0.05, 0.1) is 0 Å². The maximum absolute atomic E-state index is 4.09. The predicted octanol–water partition coefficient (Wildman–Crippen LogP) is 2.68. The molecule has 88 valence electrons. The molecule has 0 fully saturated rings. The van der Waals surface area contributed by atoms with Crippen LogP contribution in [-0.4, -0.2) is 26.2 Å². The predicted molar refractivity (Wildman–Crippen MR) is 72.0 cm³/mol. The fraction of sp³-hybridized carbons (Fsp3) is 0.429. The molecule has 16 heavy (non-hydrogen) atoms. The van der Waals surface area contributed by atoms with E-state index in [1.807, 2.05) is 6.07 Å². The number of likely N-dealkylation sites (N-methyl/N-ethyl adjacent to an activating group) is 1. The van der Waals surface area contributed by atoms with Crippen LogP contribution in [-0.2, 0) is 0 Å². The molecule has 1 aromatic carbocycles. The molecule has 0 atom stereocenters. The van der Waals surface area contributed by atoms with Crippen molar-refractivity contribution in [2.45, 2.75) is 19.9 Å². The standard InChI is InChI=1S/C14H22N2/c1-12(2)15-10-13(3)11-16(4)14-8-6-5-7-9-14/h5-9,12,15H,3,10-11H2,1-2,4H3. The van der Waals surface area contributed by atoms with Crippen molar-refractivity contribution in [1.29, 1.82) is 0 Å². The van der Waals surface area contributed by atoms with Gasteiger partial charge in [-0.15, -0.1) is 0 Å². The van der Waals surface area contributed by atoms with Crippen LogP contribution < -0.4 is 10.2 Å². The minimum atomic E-state index is 0.513. The molecular formula is C14H22N2. The van der Waals surface area contributed by atoms with Crippen LogP contribution in [0.4, 0.5) is 5.69 Å². The van der Waals surface area contributed by atoms with Gasteiger partial charge in [0.25, 0.3) is 0 Å². The Labute approximate surface area is 99.0 Å². The molecule has 0 aromatic heterocycles. The van der Waals surface area contributed by atoms with Gasteiger partial charge in [-0.1, -0.05) is 38.6 Å². The smallest absolute Gasteiger partial charge is 0.0395 e. The minimum absolute atomic E-state index is 0.513. The summed E-state index contributed by atoms with van der Waals surface area (Å²) in [5.41, 5.74) is 2.44. The van der Waals surface area contributed by atoms with Crippen molar-refractivity contribution in [3.05, 3.63) is 42.5 Å². The molecule has 0 aliphatic carbocycles. The van der Waals surface area contributed by atoms with E-state index < -0.39 is 0 Å². The quantitative estimate of drug-likeness (QED) is 0.739. The molecule has 2 nitrogen and oxygen atoms in total. The fourth-order valence-electron chi connectivity index (χ4n) is 1.51. The first-order valence-electron chi connectivity index (χ1n) is 5.76. The third kappa shape index (κ3) is 4.49. The van der Waals surface area contributed by atoms with E-state index in [-0.39, 0.29) is 0 Å². The van der Waals surface area contributed by atoms with Gasteiger partial charge in [0, 0.05) is 31.9 Å². The Morgan fingerprint density at radius 3 is 2.50 bits per heavy atom. The van der Waals surface area contributed by atoms with Crippen LogP contribution in [0.3, 0.4) is 0 Å². The van der Waals surface area contributed by atoms with Gasteiger partial charge in [-0.2, -0.15) is 0 Å². The zero-order valence-electron chi connectivity index (χ0n) is 10.5. The van der Waals surface area contributed by atoms with E-state index in [2.05, 4.69) is 62.0 Å². The van der Waals surface area contributed by atoms with E-state index in [1.165, 1.54) is 11.3 Å². The van der Waals surface area contributed by atoms with Crippen molar-refractivity contribution in [1.82, 2.24) is 5.32 Å². The van der Waals surface area contributed by atoms with Gasteiger partial charge < -0.3 is 10.2 Å². The molecule has 0 heterocycles. The highest BCUT2D eigenvalue weighted by Crippen LogP contribution is 2.11. The highest BCUT2D eigenvalue weighted by Gasteiger charge is 2.02. The average Bonchev–Trinajstić information content (AvgIpc) is 2.27. The summed E-state index contributed by atoms with van der Waals surface area (Å²) in [6, 6.07) is 10.9. The molecule has 0 aliphatic rings. The van der Waals surface area contributed by atoms with E-state index >= 15 is 0 Å². The van der Waals surface area contributed by atoms with E-state index in [0.29, 0.717) is 6.04 Å². The van der Waals surface area contributed by atoms with Crippen LogP contribution in [0.2, 0.25) is 0 Å². The van der Waals surface area contributed by atoms with Crippen LogP contribution in [0.15, 0.2) is 42.5 Å². The Morgan fingerprint density at radius 2 is 1.94 bits per heavy atom. The number of para-hydroxylation sites is 1. The van der Waals surface area contributed by atoms with Crippen molar-refractivity contribution < 1.29 is 0 Å². The lowest BCUT2D eigenvalue weighted by atomic mass is 10.2. The van der Waals surface area contributed by atoms with Gasteiger partial charge in [0.1, 0.15) is 0 Å². The van der Waals surface area contributed by atoms with Gasteiger partial charge in [-0.05, 0) is 17.7 Å². The first kappa shape index (κ1) is 12.8. The molecule has 0 radical (unpaired) electrons. The number of rotatable bonds is 6. The largest absolute Gasteiger partial charge is 0.371 e. The van der Waals surface area contributed by atoms with Crippen molar-refractivity contribution in [2.24, 2.45) is 0 Å². The topological polar surface area (TPSA) is 15.3 Å². The highest BCUT2D eigenvalue weighted by atomic mass is 15.1. The van der Waals surface area contributed by atoms with Gasteiger partial charge in [0.15, 0.2) is 0 Å². The molecule has 2 heteroatoms. The molecular weight excluding hydrogens is 196 g/mol. The molecule has 0 amide bonds. The van der Waals surface area contributed by atoms with Crippen LogP contribution in [0, 0.1) is 0 Å². The lowest BCUT2D eigenvalue weighted by molar-refractivity contribution is 0.617. The number of benzene rings is 1. The second kappa shape index (κ2) is 6.33. The van der Waals surface area contributed by atoms with Crippen LogP contribution in [0.25, 0.3) is 0 Å². The van der Waals surface area contributed by atoms with Crippen LogP contribution in [0.5, 0.6) is 0 Å². The summed E-state index contributed by atoms with van der Waals surface area (Å²) in [5.74, 6) is 0. The molecule has 0 aliphatic heterocycles. The molecule has 0 saturated carbocycles. The molecule has 1 rings (SSSR count). The lowest BCUT2D eigenvalue weighted by Crippen LogP contribution is -2.29. The summed E-state index contributed by atoms with van der Waals surface area (Å²) in [5, 5.41) is 3.38. The van der Waals surface area contributed by atoms with Gasteiger partial charge in [-0.3, -0.25) is 0 Å². The van der Waals surface area contributed by atoms with E-state index in [4.69, 9.17) is 0 Å². The SMILES string of the molecule is C=C(CNC(C)C)CN(C)c1ccccc1. The Kier molecular flexibility index (Phi) is 5.06. The summed E-state index contributed by atoms with van der Waals surface area (Å²) in [4.78, 5) is 2.21.